The van der Waals surface area contributed by atoms with Crippen LogP contribution in [0.15, 0.2) is 91.0 Å². The summed E-state index contributed by atoms with van der Waals surface area (Å²) >= 11 is 0. The average Bonchev–Trinajstić information content (AvgIpc) is 2.66. The number of benzene rings is 3. The van der Waals surface area contributed by atoms with Crippen molar-refractivity contribution in [3.8, 4) is 0 Å². The van der Waals surface area contributed by atoms with Crippen LogP contribution in [0.1, 0.15) is 35.1 Å². The maximum Gasteiger partial charge on any atom is 0.470 e. The number of hydrogen-bond donors (Lipinski definition) is 2. The smallest absolute Gasteiger partial charge is 0.303 e. The van der Waals surface area contributed by atoms with Crippen molar-refractivity contribution in [2.75, 3.05) is 0 Å². The van der Waals surface area contributed by atoms with Crippen LogP contribution >= 0.6 is 7.82 Å². The minimum Gasteiger partial charge on any atom is -0.303 e. The van der Waals surface area contributed by atoms with Crippen LogP contribution in [0.2, 0.25) is 0 Å². The third-order valence-corrected chi connectivity index (χ3v) is 4.82. The summed E-state index contributed by atoms with van der Waals surface area (Å²) in [4.78, 5) is 18.8. The van der Waals surface area contributed by atoms with Crippen LogP contribution in [-0.2, 0) is 9.09 Å². The molecule has 1 atom stereocenters. The van der Waals surface area contributed by atoms with Crippen LogP contribution in [-0.4, -0.2) is 9.79 Å². The third-order valence-electron chi connectivity index (χ3n) is 4.29. The SMILES string of the molecule is O=P(O)(O)OC(CC(c1ccccc1)c1ccccc1)c1ccccc1. The molecule has 0 amide bonds. The Labute approximate surface area is 153 Å². The van der Waals surface area contributed by atoms with E-state index < -0.39 is 13.9 Å². The summed E-state index contributed by atoms with van der Waals surface area (Å²) in [7, 11) is -4.63. The molecule has 0 radical (unpaired) electrons. The van der Waals surface area contributed by atoms with Crippen molar-refractivity contribution in [1.29, 1.82) is 0 Å². The lowest BCUT2D eigenvalue weighted by Crippen LogP contribution is -2.10. The van der Waals surface area contributed by atoms with Crippen LogP contribution in [0.3, 0.4) is 0 Å². The fourth-order valence-corrected chi connectivity index (χ4v) is 3.66. The van der Waals surface area contributed by atoms with Crippen LogP contribution in [0, 0.1) is 0 Å². The molecule has 0 heterocycles. The van der Waals surface area contributed by atoms with Crippen molar-refractivity contribution in [3.05, 3.63) is 108 Å². The fourth-order valence-electron chi connectivity index (χ4n) is 3.12. The molecule has 0 aliphatic carbocycles. The van der Waals surface area contributed by atoms with E-state index in [1.165, 1.54) is 0 Å². The second-order valence-electron chi connectivity index (χ2n) is 6.10. The number of rotatable bonds is 7. The minimum absolute atomic E-state index is 0.0471. The second kappa shape index (κ2) is 8.43. The van der Waals surface area contributed by atoms with E-state index in [0.29, 0.717) is 6.42 Å². The predicted molar refractivity (Wildman–Crippen MR) is 102 cm³/mol. The lowest BCUT2D eigenvalue weighted by molar-refractivity contribution is 0.124. The molecular weight excluding hydrogens is 347 g/mol. The van der Waals surface area contributed by atoms with Gasteiger partial charge in [-0.25, -0.2) is 4.57 Å². The van der Waals surface area contributed by atoms with Gasteiger partial charge < -0.3 is 9.79 Å². The normalized spacial score (nSPS) is 12.9. The van der Waals surface area contributed by atoms with Gasteiger partial charge in [-0.2, -0.15) is 0 Å². The zero-order chi connectivity index (χ0) is 18.4. The lowest BCUT2D eigenvalue weighted by Gasteiger charge is -2.25. The molecule has 0 bridgehead atoms. The zero-order valence-electron chi connectivity index (χ0n) is 14.2. The van der Waals surface area contributed by atoms with Crippen molar-refractivity contribution in [3.63, 3.8) is 0 Å². The van der Waals surface area contributed by atoms with Gasteiger partial charge in [0.25, 0.3) is 0 Å². The van der Waals surface area contributed by atoms with Crippen LogP contribution < -0.4 is 0 Å². The van der Waals surface area contributed by atoms with Gasteiger partial charge in [0.2, 0.25) is 0 Å². The van der Waals surface area contributed by atoms with E-state index in [2.05, 4.69) is 0 Å². The van der Waals surface area contributed by atoms with Gasteiger partial charge in [0.15, 0.2) is 0 Å². The van der Waals surface area contributed by atoms with Crippen LogP contribution in [0.5, 0.6) is 0 Å². The van der Waals surface area contributed by atoms with Gasteiger partial charge in [0, 0.05) is 5.92 Å². The van der Waals surface area contributed by atoms with E-state index in [4.69, 9.17) is 4.52 Å². The van der Waals surface area contributed by atoms with Crippen molar-refractivity contribution in [2.24, 2.45) is 0 Å². The largest absolute Gasteiger partial charge is 0.470 e. The quantitative estimate of drug-likeness (QED) is 0.572. The summed E-state index contributed by atoms with van der Waals surface area (Å²) in [6.45, 7) is 0. The first-order chi connectivity index (χ1) is 12.5. The van der Waals surface area contributed by atoms with Crippen molar-refractivity contribution >= 4 is 7.82 Å². The van der Waals surface area contributed by atoms with E-state index in [-0.39, 0.29) is 5.92 Å². The van der Waals surface area contributed by atoms with Gasteiger partial charge in [-0.05, 0) is 23.1 Å². The first-order valence-corrected chi connectivity index (χ1v) is 9.95. The molecule has 5 heteroatoms. The molecule has 1 unspecified atom stereocenters. The number of hydrogen-bond acceptors (Lipinski definition) is 2. The highest BCUT2D eigenvalue weighted by molar-refractivity contribution is 7.46. The van der Waals surface area contributed by atoms with Gasteiger partial charge in [-0.1, -0.05) is 91.0 Å². The Balaban J connectivity index is 1.98. The molecule has 3 rings (SSSR count). The van der Waals surface area contributed by atoms with Gasteiger partial charge in [-0.3, -0.25) is 4.52 Å². The lowest BCUT2D eigenvalue weighted by atomic mass is 9.85. The maximum absolute atomic E-state index is 11.5. The van der Waals surface area contributed by atoms with Crippen molar-refractivity contribution in [1.82, 2.24) is 0 Å². The zero-order valence-corrected chi connectivity index (χ0v) is 15.1. The molecule has 0 aliphatic rings. The minimum atomic E-state index is -4.63. The first-order valence-electron chi connectivity index (χ1n) is 8.42. The molecule has 0 fully saturated rings. The summed E-state index contributed by atoms with van der Waals surface area (Å²) < 4.78 is 16.7. The predicted octanol–water partition coefficient (Wildman–Crippen LogP) is 5.06. The van der Waals surface area contributed by atoms with E-state index in [9.17, 15) is 14.4 Å². The molecule has 134 valence electrons. The highest BCUT2D eigenvalue weighted by Gasteiger charge is 2.28. The first kappa shape index (κ1) is 18.6. The fraction of sp³-hybridized carbons (Fsp3) is 0.143. The molecule has 0 aliphatic heterocycles. The van der Waals surface area contributed by atoms with E-state index >= 15 is 0 Å². The molecule has 0 saturated carbocycles. The molecule has 3 aromatic rings. The Hall–Kier alpha value is -2.23. The van der Waals surface area contributed by atoms with Crippen LogP contribution in [0.4, 0.5) is 0 Å². The number of phosphoric acid groups is 1. The molecule has 0 aromatic heterocycles. The third kappa shape index (κ3) is 5.13. The van der Waals surface area contributed by atoms with E-state index in [0.717, 1.165) is 16.7 Å². The van der Waals surface area contributed by atoms with Crippen LogP contribution in [0.25, 0.3) is 0 Å². The Kier molecular flexibility index (Phi) is 6.02. The highest BCUT2D eigenvalue weighted by atomic mass is 31.2. The van der Waals surface area contributed by atoms with E-state index in [1.54, 1.807) is 0 Å². The Morgan fingerprint density at radius 2 is 1.08 bits per heavy atom. The molecule has 26 heavy (non-hydrogen) atoms. The topological polar surface area (TPSA) is 66.8 Å². The molecule has 4 nitrogen and oxygen atoms in total. The van der Waals surface area contributed by atoms with Crippen molar-refractivity contribution in [2.45, 2.75) is 18.4 Å². The molecule has 0 saturated heterocycles. The Morgan fingerprint density at radius 3 is 1.46 bits per heavy atom. The molecule has 3 aromatic carbocycles. The standard InChI is InChI=1S/C21H21O4P/c22-26(23,24)25-21(19-14-8-3-9-15-19)16-20(17-10-4-1-5-11-17)18-12-6-2-7-13-18/h1-15,20-21H,16H2,(H2,22,23,24). The van der Waals surface area contributed by atoms with Gasteiger partial charge in [0.1, 0.15) is 0 Å². The van der Waals surface area contributed by atoms with Gasteiger partial charge in [-0.15, -0.1) is 0 Å². The Bertz CT molecular complexity index is 807. The summed E-state index contributed by atoms with van der Waals surface area (Å²) in [6.07, 6.45) is -0.300. The summed E-state index contributed by atoms with van der Waals surface area (Å²) in [5, 5.41) is 0. The maximum atomic E-state index is 11.5. The summed E-state index contributed by atoms with van der Waals surface area (Å²) in [6, 6.07) is 29.1. The van der Waals surface area contributed by atoms with Gasteiger partial charge in [0.05, 0.1) is 6.10 Å². The van der Waals surface area contributed by atoms with Gasteiger partial charge >= 0.3 is 7.82 Å². The summed E-state index contributed by atoms with van der Waals surface area (Å²) in [5.41, 5.74) is 2.90. The molecular formula is C21H21O4P. The second-order valence-corrected chi connectivity index (χ2v) is 7.30. The molecule has 0 spiro atoms. The van der Waals surface area contributed by atoms with E-state index in [1.807, 2.05) is 91.0 Å². The Morgan fingerprint density at radius 1 is 0.692 bits per heavy atom. The summed E-state index contributed by atoms with van der Waals surface area (Å²) in [5.74, 6) is -0.0471. The molecule has 2 N–H and O–H groups in total. The van der Waals surface area contributed by atoms with Crippen molar-refractivity contribution < 1.29 is 18.9 Å². The number of phosphoric ester groups is 1. The average molecular weight is 368 g/mol. The monoisotopic (exact) mass is 368 g/mol. The highest BCUT2D eigenvalue weighted by Crippen LogP contribution is 2.46.